The van der Waals surface area contributed by atoms with Gasteiger partial charge in [0.25, 0.3) is 0 Å². The Kier molecular flexibility index (Phi) is 3.76. The van der Waals surface area contributed by atoms with Crippen molar-refractivity contribution in [3.63, 3.8) is 0 Å². The quantitative estimate of drug-likeness (QED) is 0.664. The van der Waals surface area contributed by atoms with E-state index in [-0.39, 0.29) is 5.16 Å². The van der Waals surface area contributed by atoms with Crippen LogP contribution in [0, 0.1) is 0 Å². The molecule has 0 nitrogen and oxygen atoms in total. The van der Waals surface area contributed by atoms with Crippen LogP contribution in [0.1, 0.15) is 27.2 Å². The number of hydrogen-bond donors (Lipinski definition) is 0. The summed E-state index contributed by atoms with van der Waals surface area (Å²) in [6, 6.07) is 10.4. The van der Waals surface area contributed by atoms with Crippen LogP contribution in [-0.2, 0) is 0 Å². The van der Waals surface area contributed by atoms with Gasteiger partial charge in [0.15, 0.2) is 0 Å². The van der Waals surface area contributed by atoms with Crippen LogP contribution in [0.3, 0.4) is 0 Å². The summed E-state index contributed by atoms with van der Waals surface area (Å²) < 4.78 is 0. The number of benzene rings is 1. The Morgan fingerprint density at radius 1 is 1.23 bits per heavy atom. The lowest BCUT2D eigenvalue weighted by molar-refractivity contribution is 0.678. The van der Waals surface area contributed by atoms with E-state index < -0.39 is 7.27 Å². The lowest BCUT2D eigenvalue weighted by Gasteiger charge is -2.28. The molecule has 72 valence electrons. The number of halogens is 1. The maximum absolute atomic E-state index is 6.46. The molecule has 0 spiro atoms. The average molecular weight is 215 g/mol. The van der Waals surface area contributed by atoms with Gasteiger partial charge in [-0.1, -0.05) is 62.3 Å². The first-order valence-electron chi connectivity index (χ1n) is 4.59. The second-order valence-corrected chi connectivity index (χ2v) is 7.09. The number of rotatable bonds is 3. The van der Waals surface area contributed by atoms with Crippen molar-refractivity contribution >= 4 is 23.8 Å². The molecule has 1 rings (SSSR count). The van der Waals surface area contributed by atoms with Crippen molar-refractivity contribution in [1.29, 1.82) is 0 Å². The molecular formula is C11H16ClP. The monoisotopic (exact) mass is 214 g/mol. The highest BCUT2D eigenvalue weighted by Gasteiger charge is 2.26. The van der Waals surface area contributed by atoms with E-state index in [4.69, 9.17) is 11.2 Å². The van der Waals surface area contributed by atoms with Gasteiger partial charge in [0.2, 0.25) is 0 Å². The van der Waals surface area contributed by atoms with Gasteiger partial charge in [-0.25, -0.2) is 0 Å². The largest absolute Gasteiger partial charge is 0.0906 e. The topological polar surface area (TPSA) is 0 Å². The molecule has 1 aromatic rings. The summed E-state index contributed by atoms with van der Waals surface area (Å²) in [5.41, 5.74) is 0. The Morgan fingerprint density at radius 2 is 1.77 bits per heavy atom. The minimum atomic E-state index is -0.547. The highest BCUT2D eigenvalue weighted by Crippen LogP contribution is 2.54. The van der Waals surface area contributed by atoms with Crippen molar-refractivity contribution in [2.45, 2.75) is 32.3 Å². The van der Waals surface area contributed by atoms with Gasteiger partial charge in [-0.3, -0.25) is 0 Å². The van der Waals surface area contributed by atoms with E-state index in [0.29, 0.717) is 0 Å². The summed E-state index contributed by atoms with van der Waals surface area (Å²) in [6.07, 6.45) is 1.12. The molecule has 0 heterocycles. The van der Waals surface area contributed by atoms with Crippen molar-refractivity contribution in [2.75, 3.05) is 0 Å². The van der Waals surface area contributed by atoms with E-state index in [9.17, 15) is 0 Å². The van der Waals surface area contributed by atoms with Crippen molar-refractivity contribution < 1.29 is 0 Å². The van der Waals surface area contributed by atoms with E-state index in [1.807, 2.05) is 6.07 Å². The first-order chi connectivity index (χ1) is 6.08. The van der Waals surface area contributed by atoms with Gasteiger partial charge in [0, 0.05) is 12.4 Å². The fourth-order valence-electron chi connectivity index (χ4n) is 1.05. The average Bonchev–Trinajstić information content (AvgIpc) is 2.18. The van der Waals surface area contributed by atoms with E-state index in [2.05, 4.69) is 45.0 Å². The predicted molar refractivity (Wildman–Crippen MR) is 63.2 cm³/mol. The van der Waals surface area contributed by atoms with Crippen molar-refractivity contribution in [3.05, 3.63) is 30.3 Å². The van der Waals surface area contributed by atoms with Crippen molar-refractivity contribution in [1.82, 2.24) is 0 Å². The van der Waals surface area contributed by atoms with Crippen LogP contribution < -0.4 is 5.30 Å². The SMILES string of the molecule is CCC(C)(C)P(Cl)c1ccccc1. The van der Waals surface area contributed by atoms with Crippen molar-refractivity contribution in [3.8, 4) is 0 Å². The third-order valence-corrected chi connectivity index (χ3v) is 6.47. The maximum Gasteiger partial charge on any atom is 0.0270 e. The summed E-state index contributed by atoms with van der Waals surface area (Å²) in [5, 5.41) is 1.52. The van der Waals surface area contributed by atoms with Gasteiger partial charge in [0.1, 0.15) is 0 Å². The molecule has 1 atom stereocenters. The molecule has 0 aliphatic rings. The predicted octanol–water partition coefficient (Wildman–Crippen LogP) is 4.14. The summed E-state index contributed by atoms with van der Waals surface area (Å²) in [4.78, 5) is 0. The van der Waals surface area contributed by atoms with Crippen LogP contribution in [0.25, 0.3) is 0 Å². The Labute approximate surface area is 86.9 Å². The minimum absolute atomic E-state index is 0.234. The molecule has 2 heteroatoms. The van der Waals surface area contributed by atoms with Gasteiger partial charge in [-0.05, 0) is 11.7 Å². The minimum Gasteiger partial charge on any atom is -0.0906 e. The van der Waals surface area contributed by atoms with Crippen LogP contribution >= 0.6 is 18.5 Å². The zero-order valence-electron chi connectivity index (χ0n) is 8.42. The molecule has 0 amide bonds. The standard InChI is InChI=1S/C11H16ClP/c1-4-11(2,3)13(12)10-8-6-5-7-9-10/h5-9H,4H2,1-3H3. The normalized spacial score (nSPS) is 14.2. The highest BCUT2D eigenvalue weighted by atomic mass is 35.7. The third kappa shape index (κ3) is 2.69. The third-order valence-electron chi connectivity index (χ3n) is 2.38. The van der Waals surface area contributed by atoms with Gasteiger partial charge in [-0.15, -0.1) is 0 Å². The van der Waals surface area contributed by atoms with Crippen molar-refractivity contribution in [2.24, 2.45) is 0 Å². The smallest absolute Gasteiger partial charge is 0.0270 e. The van der Waals surface area contributed by atoms with Gasteiger partial charge in [-0.2, -0.15) is 0 Å². The Balaban J connectivity index is 2.85. The number of hydrogen-bond acceptors (Lipinski definition) is 0. The molecule has 0 saturated carbocycles. The molecule has 0 aliphatic heterocycles. The first kappa shape index (κ1) is 11.0. The summed E-state index contributed by atoms with van der Waals surface area (Å²) in [7, 11) is -0.547. The van der Waals surface area contributed by atoms with Gasteiger partial charge < -0.3 is 0 Å². The molecule has 0 aromatic heterocycles. The van der Waals surface area contributed by atoms with Gasteiger partial charge in [0.05, 0.1) is 0 Å². The second-order valence-electron chi connectivity index (χ2n) is 3.78. The zero-order valence-corrected chi connectivity index (χ0v) is 10.1. The zero-order chi connectivity index (χ0) is 9.90. The van der Waals surface area contributed by atoms with E-state index in [1.165, 1.54) is 5.30 Å². The molecule has 0 N–H and O–H groups in total. The van der Waals surface area contributed by atoms with E-state index >= 15 is 0 Å². The molecule has 13 heavy (non-hydrogen) atoms. The lowest BCUT2D eigenvalue weighted by Crippen LogP contribution is -2.19. The summed E-state index contributed by atoms with van der Waals surface area (Å²) in [6.45, 7) is 6.66. The van der Waals surface area contributed by atoms with Crippen LogP contribution in [0.15, 0.2) is 30.3 Å². The van der Waals surface area contributed by atoms with E-state index in [1.54, 1.807) is 0 Å². The summed E-state index contributed by atoms with van der Waals surface area (Å²) in [5.74, 6) is 0. The molecule has 0 fully saturated rings. The molecule has 0 saturated heterocycles. The van der Waals surface area contributed by atoms with Crippen LogP contribution in [-0.4, -0.2) is 5.16 Å². The lowest BCUT2D eigenvalue weighted by atomic mass is 10.1. The maximum atomic E-state index is 6.46. The first-order valence-corrected chi connectivity index (χ1v) is 6.83. The van der Waals surface area contributed by atoms with Crippen LogP contribution in [0.2, 0.25) is 0 Å². The highest BCUT2D eigenvalue weighted by molar-refractivity contribution is 7.91. The molecular weight excluding hydrogens is 199 g/mol. The second kappa shape index (κ2) is 4.44. The molecule has 1 aromatic carbocycles. The van der Waals surface area contributed by atoms with Gasteiger partial charge >= 0.3 is 0 Å². The Morgan fingerprint density at radius 3 is 2.23 bits per heavy atom. The molecule has 0 radical (unpaired) electrons. The molecule has 0 aliphatic carbocycles. The molecule has 0 bridgehead atoms. The fraction of sp³-hybridized carbons (Fsp3) is 0.455. The Hall–Kier alpha value is -0.0600. The summed E-state index contributed by atoms with van der Waals surface area (Å²) >= 11 is 6.46. The van der Waals surface area contributed by atoms with Crippen LogP contribution in [0.4, 0.5) is 0 Å². The fourth-order valence-corrected chi connectivity index (χ4v) is 3.15. The van der Waals surface area contributed by atoms with E-state index in [0.717, 1.165) is 6.42 Å². The molecule has 1 unspecified atom stereocenters. The Bertz CT molecular complexity index is 256. The van der Waals surface area contributed by atoms with Crippen LogP contribution in [0.5, 0.6) is 0 Å².